The maximum atomic E-state index is 11.7. The van der Waals surface area contributed by atoms with Crippen molar-refractivity contribution >= 4 is 21.6 Å². The second kappa shape index (κ2) is 5.13. The fraction of sp³-hybridized carbons (Fsp3) is 0.625. The van der Waals surface area contributed by atoms with Crippen LogP contribution in [0.2, 0.25) is 5.15 Å². The fourth-order valence-electron chi connectivity index (χ4n) is 0.892. The summed E-state index contributed by atoms with van der Waals surface area (Å²) in [6, 6.07) is 0. The summed E-state index contributed by atoms with van der Waals surface area (Å²) in [5.41, 5.74) is 0. The predicted octanol–water partition coefficient (Wildman–Crippen LogP) is 0.939. The molecule has 0 fully saturated rings. The molecule has 0 unspecified atom stereocenters. The van der Waals surface area contributed by atoms with E-state index < -0.39 is 10.0 Å². The highest BCUT2D eigenvalue weighted by molar-refractivity contribution is 7.89. The molecular formula is C8H14ClN3O3S. The van der Waals surface area contributed by atoms with Gasteiger partial charge in [0.25, 0.3) is 10.0 Å². The number of rotatable bonds is 5. The third-order valence-electron chi connectivity index (χ3n) is 1.67. The minimum absolute atomic E-state index is 0.0423. The Balaban J connectivity index is 2.75. The van der Waals surface area contributed by atoms with Gasteiger partial charge in [0.15, 0.2) is 0 Å². The monoisotopic (exact) mass is 267 g/mol. The first-order chi connectivity index (χ1) is 7.34. The standard InChI is InChI=1S/C8H14ClN3O3S/c1-6(2)4-15-11-16(13,14)8-7(9)12(3)5-10-8/h5-6,11H,4H2,1-3H3. The van der Waals surface area contributed by atoms with Gasteiger partial charge in [0, 0.05) is 7.05 Å². The molecule has 6 nitrogen and oxygen atoms in total. The molecule has 0 atom stereocenters. The summed E-state index contributed by atoms with van der Waals surface area (Å²) in [4.78, 5) is 10.5. The number of nitrogens with one attached hydrogen (secondary N) is 1. The molecule has 0 aliphatic heterocycles. The van der Waals surface area contributed by atoms with Crippen molar-refractivity contribution in [2.24, 2.45) is 13.0 Å². The van der Waals surface area contributed by atoms with Crippen molar-refractivity contribution in [1.82, 2.24) is 14.4 Å². The van der Waals surface area contributed by atoms with Crippen molar-refractivity contribution in [2.45, 2.75) is 18.9 Å². The molecule has 0 aromatic carbocycles. The average Bonchev–Trinajstić information content (AvgIpc) is 2.47. The maximum Gasteiger partial charge on any atom is 0.283 e. The Kier molecular flexibility index (Phi) is 4.31. The van der Waals surface area contributed by atoms with E-state index in [-0.39, 0.29) is 22.7 Å². The maximum absolute atomic E-state index is 11.7. The van der Waals surface area contributed by atoms with E-state index in [0.29, 0.717) is 0 Å². The van der Waals surface area contributed by atoms with Gasteiger partial charge in [-0.1, -0.05) is 30.3 Å². The highest BCUT2D eigenvalue weighted by Crippen LogP contribution is 2.18. The Labute approximate surface area is 99.6 Å². The zero-order valence-electron chi connectivity index (χ0n) is 9.27. The van der Waals surface area contributed by atoms with Crippen LogP contribution in [-0.4, -0.2) is 24.6 Å². The molecular weight excluding hydrogens is 254 g/mol. The van der Waals surface area contributed by atoms with Crippen LogP contribution in [0.25, 0.3) is 0 Å². The topological polar surface area (TPSA) is 73.2 Å². The Morgan fingerprint density at radius 1 is 1.62 bits per heavy atom. The van der Waals surface area contributed by atoms with Crippen molar-refractivity contribution < 1.29 is 13.3 Å². The Morgan fingerprint density at radius 3 is 2.69 bits per heavy atom. The SMILES string of the molecule is CC(C)CONS(=O)(=O)c1ncn(C)c1Cl. The van der Waals surface area contributed by atoms with Gasteiger partial charge in [0.2, 0.25) is 5.03 Å². The molecule has 0 saturated carbocycles. The lowest BCUT2D eigenvalue weighted by Gasteiger charge is -2.07. The first kappa shape index (κ1) is 13.4. The van der Waals surface area contributed by atoms with E-state index in [2.05, 4.69) is 4.98 Å². The highest BCUT2D eigenvalue weighted by atomic mass is 35.5. The Hall–Kier alpha value is -0.630. The van der Waals surface area contributed by atoms with Gasteiger partial charge in [0.1, 0.15) is 5.15 Å². The number of aromatic nitrogens is 2. The largest absolute Gasteiger partial charge is 0.324 e. The van der Waals surface area contributed by atoms with Crippen molar-refractivity contribution in [2.75, 3.05) is 6.61 Å². The molecule has 0 aliphatic carbocycles. The Morgan fingerprint density at radius 2 is 2.25 bits per heavy atom. The predicted molar refractivity (Wildman–Crippen MR) is 59.3 cm³/mol. The minimum Gasteiger partial charge on any atom is -0.324 e. The van der Waals surface area contributed by atoms with Gasteiger partial charge >= 0.3 is 0 Å². The third-order valence-corrected chi connectivity index (χ3v) is 3.38. The third kappa shape index (κ3) is 3.18. The number of halogens is 1. The second-order valence-corrected chi connectivity index (χ2v) is 5.66. The number of hydrogen-bond acceptors (Lipinski definition) is 4. The molecule has 1 heterocycles. The molecule has 92 valence electrons. The number of nitrogens with zero attached hydrogens (tertiary/aromatic N) is 2. The molecule has 1 aromatic heterocycles. The zero-order valence-corrected chi connectivity index (χ0v) is 10.8. The average molecular weight is 268 g/mol. The van der Waals surface area contributed by atoms with Crippen molar-refractivity contribution in [1.29, 1.82) is 0 Å². The van der Waals surface area contributed by atoms with E-state index in [9.17, 15) is 8.42 Å². The summed E-state index contributed by atoms with van der Waals surface area (Å²) >= 11 is 5.76. The summed E-state index contributed by atoms with van der Waals surface area (Å²) in [5, 5.41) is -0.193. The fourth-order valence-corrected chi connectivity index (χ4v) is 2.14. The summed E-state index contributed by atoms with van der Waals surface area (Å²) in [6.45, 7) is 4.09. The van der Waals surface area contributed by atoms with Gasteiger partial charge in [-0.05, 0) is 5.92 Å². The Bertz CT molecular complexity index is 455. The van der Waals surface area contributed by atoms with Crippen LogP contribution >= 0.6 is 11.6 Å². The molecule has 0 saturated heterocycles. The van der Waals surface area contributed by atoms with Crippen LogP contribution in [0.4, 0.5) is 0 Å². The van der Waals surface area contributed by atoms with Gasteiger partial charge in [0.05, 0.1) is 12.9 Å². The first-order valence-corrected chi connectivity index (χ1v) is 6.51. The van der Waals surface area contributed by atoms with E-state index in [1.54, 1.807) is 7.05 Å². The van der Waals surface area contributed by atoms with Crippen LogP contribution in [0.1, 0.15) is 13.8 Å². The number of hydrogen-bond donors (Lipinski definition) is 1. The van der Waals surface area contributed by atoms with Crippen molar-refractivity contribution in [3.8, 4) is 0 Å². The molecule has 1 N–H and O–H groups in total. The van der Waals surface area contributed by atoms with Crippen LogP contribution in [0.15, 0.2) is 11.4 Å². The van der Waals surface area contributed by atoms with Crippen LogP contribution in [0.5, 0.6) is 0 Å². The first-order valence-electron chi connectivity index (χ1n) is 4.65. The molecule has 0 spiro atoms. The van der Waals surface area contributed by atoms with Gasteiger partial charge in [-0.25, -0.2) is 13.4 Å². The summed E-state index contributed by atoms with van der Waals surface area (Å²) in [5.74, 6) is 0.224. The lowest BCUT2D eigenvalue weighted by atomic mass is 10.2. The van der Waals surface area contributed by atoms with E-state index in [1.807, 2.05) is 18.7 Å². The van der Waals surface area contributed by atoms with Crippen LogP contribution in [0, 0.1) is 5.92 Å². The summed E-state index contributed by atoms with van der Waals surface area (Å²) in [6.07, 6.45) is 1.32. The van der Waals surface area contributed by atoms with Gasteiger partial charge < -0.3 is 4.57 Å². The zero-order chi connectivity index (χ0) is 12.3. The molecule has 1 aromatic rings. The van der Waals surface area contributed by atoms with E-state index in [4.69, 9.17) is 16.4 Å². The van der Waals surface area contributed by atoms with Gasteiger partial charge in [-0.2, -0.15) is 0 Å². The lowest BCUT2D eigenvalue weighted by Crippen LogP contribution is -2.26. The molecule has 1 rings (SSSR count). The number of imidazole rings is 1. The molecule has 0 amide bonds. The van der Waals surface area contributed by atoms with Gasteiger partial charge in [-0.15, -0.1) is 0 Å². The van der Waals surface area contributed by atoms with Crippen LogP contribution in [0.3, 0.4) is 0 Å². The van der Waals surface area contributed by atoms with E-state index >= 15 is 0 Å². The molecule has 8 heteroatoms. The number of sulfonamides is 1. The van der Waals surface area contributed by atoms with Crippen LogP contribution in [-0.2, 0) is 21.9 Å². The van der Waals surface area contributed by atoms with E-state index in [1.165, 1.54) is 10.9 Å². The normalized spacial score (nSPS) is 12.3. The summed E-state index contributed by atoms with van der Waals surface area (Å²) in [7, 11) is -2.20. The molecule has 0 bridgehead atoms. The molecule has 0 aliphatic rings. The minimum atomic E-state index is -3.80. The number of aryl methyl sites for hydroxylation is 1. The van der Waals surface area contributed by atoms with E-state index in [0.717, 1.165) is 0 Å². The van der Waals surface area contributed by atoms with Crippen molar-refractivity contribution in [3.63, 3.8) is 0 Å². The summed E-state index contributed by atoms with van der Waals surface area (Å²) < 4.78 is 24.7. The molecule has 16 heavy (non-hydrogen) atoms. The molecule has 0 radical (unpaired) electrons. The highest BCUT2D eigenvalue weighted by Gasteiger charge is 2.22. The quantitative estimate of drug-likeness (QED) is 0.806. The van der Waals surface area contributed by atoms with Gasteiger partial charge in [-0.3, -0.25) is 4.84 Å². The lowest BCUT2D eigenvalue weighted by molar-refractivity contribution is 0.0717. The van der Waals surface area contributed by atoms with Crippen molar-refractivity contribution in [3.05, 3.63) is 11.5 Å². The smallest absolute Gasteiger partial charge is 0.283 e. The van der Waals surface area contributed by atoms with Crippen LogP contribution < -0.4 is 4.89 Å². The second-order valence-electron chi connectivity index (χ2n) is 3.74.